The summed E-state index contributed by atoms with van der Waals surface area (Å²) in [6.07, 6.45) is 3.96. The van der Waals surface area contributed by atoms with E-state index in [1.54, 1.807) is 0 Å². The second-order valence-electron chi connectivity index (χ2n) is 4.73. The van der Waals surface area contributed by atoms with E-state index in [9.17, 15) is 4.79 Å². The molecule has 3 nitrogen and oxygen atoms in total. The van der Waals surface area contributed by atoms with Gasteiger partial charge in [0.15, 0.2) is 0 Å². The van der Waals surface area contributed by atoms with Gasteiger partial charge in [-0.2, -0.15) is 0 Å². The number of nitrogens with two attached hydrogens (primary N) is 1. The van der Waals surface area contributed by atoms with Gasteiger partial charge in [0.05, 0.1) is 0 Å². The van der Waals surface area contributed by atoms with Gasteiger partial charge in [-0.1, -0.05) is 26.8 Å². The van der Waals surface area contributed by atoms with Crippen molar-refractivity contribution in [3.63, 3.8) is 0 Å². The number of aromatic nitrogens is 1. The van der Waals surface area contributed by atoms with Crippen LogP contribution in [-0.4, -0.2) is 17.3 Å². The Morgan fingerprint density at radius 3 is 2.53 bits per heavy atom. The molecule has 0 spiro atoms. The Labute approximate surface area is 103 Å². The topological polar surface area (TPSA) is 56.0 Å². The maximum Gasteiger partial charge on any atom is 0.145 e. The minimum Gasteiger partial charge on any atom is -0.329 e. The second-order valence-corrected chi connectivity index (χ2v) is 4.73. The van der Waals surface area contributed by atoms with E-state index in [1.165, 1.54) is 5.56 Å². The van der Waals surface area contributed by atoms with Crippen LogP contribution < -0.4 is 5.73 Å². The summed E-state index contributed by atoms with van der Waals surface area (Å²) in [5.74, 6) is 0.180. The zero-order chi connectivity index (χ0) is 12.9. The van der Waals surface area contributed by atoms with Crippen LogP contribution in [0.5, 0.6) is 0 Å². The van der Waals surface area contributed by atoms with Crippen LogP contribution in [0.15, 0.2) is 18.3 Å². The molecule has 0 radical (unpaired) electrons. The lowest BCUT2D eigenvalue weighted by Crippen LogP contribution is -2.36. The third-order valence-corrected chi connectivity index (χ3v) is 3.54. The quantitative estimate of drug-likeness (QED) is 0.820. The number of ketones is 1. The van der Waals surface area contributed by atoms with Crippen molar-refractivity contribution in [3.8, 4) is 0 Å². The van der Waals surface area contributed by atoms with E-state index in [0.29, 0.717) is 13.0 Å². The first kappa shape index (κ1) is 13.8. The van der Waals surface area contributed by atoms with Crippen LogP contribution in [0.4, 0.5) is 0 Å². The van der Waals surface area contributed by atoms with Gasteiger partial charge in [0.25, 0.3) is 0 Å². The normalized spacial score (nSPS) is 14.4. The predicted octanol–water partition coefficient (Wildman–Crippen LogP) is 2.13. The van der Waals surface area contributed by atoms with Crippen molar-refractivity contribution >= 4 is 5.78 Å². The first-order chi connectivity index (χ1) is 8.05. The number of hydrogen-bond acceptors (Lipinski definition) is 3. The van der Waals surface area contributed by atoms with Gasteiger partial charge < -0.3 is 5.73 Å². The summed E-state index contributed by atoms with van der Waals surface area (Å²) >= 11 is 0. The Bertz CT molecular complexity index is 366. The van der Waals surface area contributed by atoms with Crippen LogP contribution in [0.25, 0.3) is 0 Å². The number of pyridine rings is 1. The van der Waals surface area contributed by atoms with E-state index in [-0.39, 0.29) is 5.78 Å². The second kappa shape index (κ2) is 5.92. The molecule has 2 N–H and O–H groups in total. The third-order valence-electron chi connectivity index (χ3n) is 3.54. The number of Topliss-reactive ketones (excluding diaryl/α,β-unsaturated/α-hetero) is 1. The van der Waals surface area contributed by atoms with Crippen molar-refractivity contribution in [2.24, 2.45) is 11.1 Å². The average molecular weight is 234 g/mol. The first-order valence-electron chi connectivity index (χ1n) is 6.23. The molecule has 0 aliphatic carbocycles. The predicted molar refractivity (Wildman–Crippen MR) is 69.8 cm³/mol. The van der Waals surface area contributed by atoms with Gasteiger partial charge >= 0.3 is 0 Å². The maximum absolute atomic E-state index is 12.1. The zero-order valence-corrected chi connectivity index (χ0v) is 11.0. The molecule has 0 saturated heterocycles. The summed E-state index contributed by atoms with van der Waals surface area (Å²) in [5.41, 5.74) is 7.29. The summed E-state index contributed by atoms with van der Waals surface area (Å²) in [6, 6.07) is 3.96. The molecule has 1 rings (SSSR count). The summed E-state index contributed by atoms with van der Waals surface area (Å²) in [5, 5.41) is 0. The number of hydrogen-bond donors (Lipinski definition) is 1. The number of aryl methyl sites for hydroxylation is 1. The van der Waals surface area contributed by atoms with Gasteiger partial charge in [0.1, 0.15) is 5.78 Å². The van der Waals surface area contributed by atoms with Gasteiger partial charge in [-0.3, -0.25) is 9.78 Å². The number of carbonyl (C=O) groups is 1. The SMILES string of the molecule is CCc1ccc(CC(=O)C(C)(CC)CN)nc1. The molecule has 17 heavy (non-hydrogen) atoms. The summed E-state index contributed by atoms with van der Waals surface area (Å²) in [4.78, 5) is 16.4. The molecule has 1 atom stereocenters. The number of nitrogens with zero attached hydrogens (tertiary/aromatic N) is 1. The molecule has 0 aromatic carbocycles. The Hall–Kier alpha value is -1.22. The minimum absolute atomic E-state index is 0.180. The van der Waals surface area contributed by atoms with Crippen molar-refractivity contribution in [1.29, 1.82) is 0 Å². The van der Waals surface area contributed by atoms with Crippen molar-refractivity contribution in [3.05, 3.63) is 29.6 Å². The number of carbonyl (C=O) groups excluding carboxylic acids is 1. The van der Waals surface area contributed by atoms with Crippen molar-refractivity contribution in [1.82, 2.24) is 4.98 Å². The fourth-order valence-corrected chi connectivity index (χ4v) is 1.60. The van der Waals surface area contributed by atoms with Crippen LogP contribution in [-0.2, 0) is 17.6 Å². The molecule has 0 fully saturated rings. The van der Waals surface area contributed by atoms with E-state index in [2.05, 4.69) is 11.9 Å². The molecule has 0 amide bonds. The first-order valence-corrected chi connectivity index (χ1v) is 6.23. The molecule has 0 bridgehead atoms. The van der Waals surface area contributed by atoms with E-state index in [4.69, 9.17) is 5.73 Å². The minimum atomic E-state index is -0.412. The van der Waals surface area contributed by atoms with Crippen LogP contribution in [0.1, 0.15) is 38.4 Å². The largest absolute Gasteiger partial charge is 0.329 e. The standard InChI is InChI=1S/C14H22N2O/c1-4-11-6-7-12(16-9-11)8-13(17)14(3,5-2)10-15/h6-7,9H,4-5,8,10,15H2,1-3H3. The molecular formula is C14H22N2O. The lowest BCUT2D eigenvalue weighted by Gasteiger charge is -2.24. The van der Waals surface area contributed by atoms with Crippen LogP contribution >= 0.6 is 0 Å². The molecule has 0 aliphatic heterocycles. The van der Waals surface area contributed by atoms with Gasteiger partial charge in [0, 0.05) is 30.3 Å². The monoisotopic (exact) mass is 234 g/mol. The smallest absolute Gasteiger partial charge is 0.145 e. The highest BCUT2D eigenvalue weighted by atomic mass is 16.1. The fourth-order valence-electron chi connectivity index (χ4n) is 1.60. The fraction of sp³-hybridized carbons (Fsp3) is 0.571. The average Bonchev–Trinajstić information content (AvgIpc) is 2.38. The lowest BCUT2D eigenvalue weighted by molar-refractivity contribution is -0.127. The molecule has 1 aromatic heterocycles. The van der Waals surface area contributed by atoms with Gasteiger partial charge in [-0.25, -0.2) is 0 Å². The Kier molecular flexibility index (Phi) is 4.82. The Morgan fingerprint density at radius 1 is 1.41 bits per heavy atom. The Morgan fingerprint density at radius 2 is 2.12 bits per heavy atom. The molecule has 0 aliphatic rings. The molecular weight excluding hydrogens is 212 g/mol. The van der Waals surface area contributed by atoms with E-state index >= 15 is 0 Å². The summed E-state index contributed by atoms with van der Waals surface area (Å²) < 4.78 is 0. The van der Waals surface area contributed by atoms with Gasteiger partial charge in [-0.15, -0.1) is 0 Å². The van der Waals surface area contributed by atoms with Crippen molar-refractivity contribution < 1.29 is 4.79 Å². The number of rotatable bonds is 6. The molecule has 94 valence electrons. The van der Waals surface area contributed by atoms with Crippen molar-refractivity contribution in [2.45, 2.75) is 40.0 Å². The highest BCUT2D eigenvalue weighted by molar-refractivity contribution is 5.86. The maximum atomic E-state index is 12.1. The van der Waals surface area contributed by atoms with Crippen LogP contribution in [0.3, 0.4) is 0 Å². The summed E-state index contributed by atoms with van der Waals surface area (Å²) in [6.45, 7) is 6.41. The van der Waals surface area contributed by atoms with Gasteiger partial charge in [0.2, 0.25) is 0 Å². The molecule has 0 saturated carbocycles. The van der Waals surface area contributed by atoms with Crippen LogP contribution in [0.2, 0.25) is 0 Å². The molecule has 1 unspecified atom stereocenters. The van der Waals surface area contributed by atoms with Gasteiger partial charge in [-0.05, 0) is 24.5 Å². The Balaban J connectivity index is 2.73. The van der Waals surface area contributed by atoms with E-state index in [1.807, 2.05) is 32.2 Å². The third kappa shape index (κ3) is 3.37. The van der Waals surface area contributed by atoms with Crippen molar-refractivity contribution in [2.75, 3.05) is 6.54 Å². The summed E-state index contributed by atoms with van der Waals surface area (Å²) in [7, 11) is 0. The van der Waals surface area contributed by atoms with E-state index in [0.717, 1.165) is 18.5 Å². The molecule has 1 aromatic rings. The van der Waals surface area contributed by atoms with Crippen LogP contribution in [0, 0.1) is 5.41 Å². The van der Waals surface area contributed by atoms with E-state index < -0.39 is 5.41 Å². The highest BCUT2D eigenvalue weighted by Gasteiger charge is 2.29. The molecule has 1 heterocycles. The lowest BCUT2D eigenvalue weighted by atomic mass is 9.81. The highest BCUT2D eigenvalue weighted by Crippen LogP contribution is 2.22. The zero-order valence-electron chi connectivity index (χ0n) is 11.0. The molecule has 3 heteroatoms.